The van der Waals surface area contributed by atoms with Crippen LogP contribution in [-0.2, 0) is 14.3 Å². The summed E-state index contributed by atoms with van der Waals surface area (Å²) in [6.07, 6.45) is 1.61. The molecule has 0 aromatic heterocycles. The maximum absolute atomic E-state index is 13.0. The molecule has 2 aromatic rings. The number of amides is 1. The van der Waals surface area contributed by atoms with Gasteiger partial charge in [0.1, 0.15) is 23.9 Å². The fourth-order valence-electron chi connectivity index (χ4n) is 3.53. The average molecular weight is 458 g/mol. The third-order valence-corrected chi connectivity index (χ3v) is 5.38. The summed E-state index contributed by atoms with van der Waals surface area (Å²) in [6, 6.07) is 10.8. The Balaban J connectivity index is 2.18. The number of ether oxygens (including phenoxy) is 3. The number of ketones is 1. The van der Waals surface area contributed by atoms with Gasteiger partial charge in [-0.15, -0.1) is 0 Å². The van der Waals surface area contributed by atoms with Crippen molar-refractivity contribution in [2.75, 3.05) is 34.0 Å². The first-order valence-corrected chi connectivity index (χ1v) is 10.3. The minimum Gasteiger partial charge on any atom is -0.507 e. The summed E-state index contributed by atoms with van der Waals surface area (Å²) in [5, 5.41) is 11.4. The predicted octanol–water partition coefficient (Wildman–Crippen LogP) is 3.98. The number of likely N-dealkylation sites (tertiary alicyclic amines) is 1. The maximum atomic E-state index is 13.0. The topological polar surface area (TPSA) is 85.3 Å². The highest BCUT2D eigenvalue weighted by atomic mass is 35.5. The smallest absolute Gasteiger partial charge is 0.295 e. The van der Waals surface area contributed by atoms with Crippen LogP contribution in [0.2, 0.25) is 5.02 Å². The molecule has 1 fully saturated rings. The number of hydrogen-bond donors (Lipinski definition) is 1. The summed E-state index contributed by atoms with van der Waals surface area (Å²) in [5.74, 6) is -0.931. The van der Waals surface area contributed by atoms with Gasteiger partial charge in [0.05, 0.1) is 30.4 Å². The van der Waals surface area contributed by atoms with Gasteiger partial charge >= 0.3 is 0 Å². The number of nitrogens with zero attached hydrogens (tertiary/aromatic N) is 1. The Morgan fingerprint density at radius 2 is 1.97 bits per heavy atom. The van der Waals surface area contributed by atoms with Crippen LogP contribution < -0.4 is 9.47 Å². The lowest BCUT2D eigenvalue weighted by Crippen LogP contribution is -2.32. The number of methoxy groups -OCH3 is 2. The summed E-state index contributed by atoms with van der Waals surface area (Å²) in [5.41, 5.74) is 0.726. The monoisotopic (exact) mass is 457 g/mol. The molecular formula is C24H24ClNO6. The first-order chi connectivity index (χ1) is 15.4. The molecule has 2 aromatic carbocycles. The summed E-state index contributed by atoms with van der Waals surface area (Å²) < 4.78 is 15.9. The molecule has 7 nitrogen and oxygen atoms in total. The van der Waals surface area contributed by atoms with Crippen LogP contribution in [0, 0.1) is 0 Å². The van der Waals surface area contributed by atoms with E-state index in [1.54, 1.807) is 42.5 Å². The number of aliphatic hydroxyl groups excluding tert-OH is 1. The molecule has 1 saturated heterocycles. The average Bonchev–Trinajstić information content (AvgIpc) is 3.06. The molecule has 3 rings (SSSR count). The number of halogens is 1. The molecule has 8 heteroatoms. The van der Waals surface area contributed by atoms with E-state index in [1.165, 1.54) is 25.2 Å². The molecule has 0 radical (unpaired) electrons. The van der Waals surface area contributed by atoms with E-state index < -0.39 is 17.7 Å². The van der Waals surface area contributed by atoms with Crippen LogP contribution in [0.1, 0.15) is 17.2 Å². The number of Topliss-reactive ketones (excluding diaryl/α,β-unsaturated/α-hetero) is 1. The van der Waals surface area contributed by atoms with Crippen LogP contribution in [0.4, 0.5) is 0 Å². The van der Waals surface area contributed by atoms with E-state index in [2.05, 4.69) is 6.58 Å². The molecule has 1 amide bonds. The van der Waals surface area contributed by atoms with Crippen LogP contribution in [0.3, 0.4) is 0 Å². The Bertz CT molecular complexity index is 1060. The second-order valence-electron chi connectivity index (χ2n) is 7.00. The Morgan fingerprint density at radius 3 is 2.66 bits per heavy atom. The quantitative estimate of drug-likeness (QED) is 0.265. The van der Waals surface area contributed by atoms with Crippen molar-refractivity contribution in [1.82, 2.24) is 4.90 Å². The van der Waals surface area contributed by atoms with Gasteiger partial charge in [-0.3, -0.25) is 9.59 Å². The van der Waals surface area contributed by atoms with Gasteiger partial charge in [0.15, 0.2) is 0 Å². The van der Waals surface area contributed by atoms with Gasteiger partial charge in [-0.2, -0.15) is 0 Å². The second-order valence-corrected chi connectivity index (χ2v) is 7.41. The minimum absolute atomic E-state index is 0.0675. The summed E-state index contributed by atoms with van der Waals surface area (Å²) in [6.45, 7) is 4.31. The van der Waals surface area contributed by atoms with Crippen molar-refractivity contribution in [3.63, 3.8) is 0 Å². The van der Waals surface area contributed by atoms with Crippen LogP contribution in [0.5, 0.6) is 11.5 Å². The molecule has 1 unspecified atom stereocenters. The van der Waals surface area contributed by atoms with Crippen molar-refractivity contribution in [3.8, 4) is 11.5 Å². The fourth-order valence-corrected chi connectivity index (χ4v) is 3.74. The van der Waals surface area contributed by atoms with E-state index in [0.29, 0.717) is 23.7 Å². The van der Waals surface area contributed by atoms with Crippen molar-refractivity contribution in [3.05, 3.63) is 76.8 Å². The lowest BCUT2D eigenvalue weighted by atomic mass is 9.95. The Kier molecular flexibility index (Phi) is 7.56. The third-order valence-electron chi connectivity index (χ3n) is 5.05. The predicted molar refractivity (Wildman–Crippen MR) is 121 cm³/mol. The lowest BCUT2D eigenvalue weighted by molar-refractivity contribution is -0.140. The third kappa shape index (κ3) is 4.64. The Hall–Kier alpha value is -3.29. The van der Waals surface area contributed by atoms with Gasteiger partial charge < -0.3 is 24.2 Å². The van der Waals surface area contributed by atoms with Crippen molar-refractivity contribution >= 4 is 29.1 Å². The first kappa shape index (κ1) is 23.4. The number of benzene rings is 2. The van der Waals surface area contributed by atoms with Crippen molar-refractivity contribution < 1.29 is 28.9 Å². The Morgan fingerprint density at radius 1 is 1.19 bits per heavy atom. The highest BCUT2D eigenvalue weighted by molar-refractivity contribution is 6.47. The summed E-state index contributed by atoms with van der Waals surface area (Å²) in [4.78, 5) is 27.3. The van der Waals surface area contributed by atoms with Gasteiger partial charge in [0.25, 0.3) is 11.7 Å². The Labute approximate surface area is 191 Å². The highest BCUT2D eigenvalue weighted by Gasteiger charge is 2.46. The molecule has 1 heterocycles. The van der Waals surface area contributed by atoms with Crippen LogP contribution in [0.15, 0.2) is 60.7 Å². The maximum Gasteiger partial charge on any atom is 0.295 e. The normalized spacial score (nSPS) is 17.5. The zero-order valence-electron chi connectivity index (χ0n) is 17.8. The van der Waals surface area contributed by atoms with Crippen LogP contribution >= 0.6 is 11.6 Å². The zero-order valence-corrected chi connectivity index (χ0v) is 18.6. The van der Waals surface area contributed by atoms with Gasteiger partial charge in [-0.1, -0.05) is 36.4 Å². The molecule has 32 heavy (non-hydrogen) atoms. The summed E-state index contributed by atoms with van der Waals surface area (Å²) in [7, 11) is 2.98. The number of hydrogen-bond acceptors (Lipinski definition) is 6. The standard InChI is InChI=1S/C24H24ClNO6/c1-4-11-32-17-7-5-6-15(13-17)21-20(23(28)24(29)26(21)10-12-30-2)22(27)18-14-16(31-3)8-9-19(18)25/h4-9,13-14,21,27H,1,10-12H2,2-3H3/b22-20+. The molecule has 1 N–H and O–H groups in total. The molecular weight excluding hydrogens is 434 g/mol. The highest BCUT2D eigenvalue weighted by Crippen LogP contribution is 2.41. The summed E-state index contributed by atoms with van der Waals surface area (Å²) >= 11 is 6.30. The van der Waals surface area contributed by atoms with E-state index in [1.807, 2.05) is 0 Å². The van der Waals surface area contributed by atoms with E-state index in [-0.39, 0.29) is 35.1 Å². The molecule has 0 bridgehead atoms. The van der Waals surface area contributed by atoms with E-state index >= 15 is 0 Å². The second kappa shape index (κ2) is 10.3. The van der Waals surface area contributed by atoms with E-state index in [0.717, 1.165) is 0 Å². The van der Waals surface area contributed by atoms with E-state index in [4.69, 9.17) is 25.8 Å². The molecule has 0 aliphatic carbocycles. The van der Waals surface area contributed by atoms with Crippen molar-refractivity contribution in [1.29, 1.82) is 0 Å². The molecule has 168 valence electrons. The molecule has 0 spiro atoms. The first-order valence-electron chi connectivity index (χ1n) is 9.87. The van der Waals surface area contributed by atoms with E-state index in [9.17, 15) is 14.7 Å². The fraction of sp³-hybridized carbons (Fsp3) is 0.250. The number of carbonyl (C=O) groups excluding carboxylic acids is 2. The van der Waals surface area contributed by atoms with Crippen molar-refractivity contribution in [2.24, 2.45) is 0 Å². The molecule has 0 saturated carbocycles. The number of carbonyl (C=O) groups is 2. The van der Waals surface area contributed by atoms with Gasteiger partial charge in [0, 0.05) is 19.2 Å². The van der Waals surface area contributed by atoms with Gasteiger partial charge in [0.2, 0.25) is 0 Å². The largest absolute Gasteiger partial charge is 0.507 e. The minimum atomic E-state index is -0.848. The van der Waals surface area contributed by atoms with Crippen molar-refractivity contribution in [2.45, 2.75) is 6.04 Å². The molecule has 1 atom stereocenters. The SMILES string of the molecule is C=CCOc1cccc(C2/C(=C(\O)c3cc(OC)ccc3Cl)C(=O)C(=O)N2CCOC)c1. The molecule has 1 aliphatic rings. The van der Waals surface area contributed by atoms with Gasteiger partial charge in [-0.05, 0) is 35.9 Å². The molecule has 1 aliphatic heterocycles. The van der Waals surface area contributed by atoms with Crippen LogP contribution in [-0.4, -0.2) is 55.7 Å². The van der Waals surface area contributed by atoms with Gasteiger partial charge in [-0.25, -0.2) is 0 Å². The lowest BCUT2D eigenvalue weighted by Gasteiger charge is -2.25. The number of aliphatic hydroxyl groups is 1. The van der Waals surface area contributed by atoms with Crippen LogP contribution in [0.25, 0.3) is 5.76 Å². The zero-order chi connectivity index (χ0) is 23.3. The number of rotatable bonds is 9.